The van der Waals surface area contributed by atoms with E-state index in [0.717, 1.165) is 197 Å². The molecule has 9 heteroatoms. The van der Waals surface area contributed by atoms with Crippen LogP contribution in [0.15, 0.2) is 152 Å². The molecule has 0 saturated carbocycles. The van der Waals surface area contributed by atoms with Gasteiger partial charge in [-0.1, -0.05) is 121 Å². The summed E-state index contributed by atoms with van der Waals surface area (Å²) >= 11 is 0. The first kappa shape index (κ1) is 47.7. The highest BCUT2D eigenvalue weighted by atomic mass is 16.7. The molecule has 4 aliphatic heterocycles. The van der Waals surface area contributed by atoms with Crippen LogP contribution in [0.3, 0.4) is 0 Å². The molecule has 2 N–H and O–H groups in total. The van der Waals surface area contributed by atoms with Crippen LogP contribution in [-0.2, 0) is 31.8 Å². The molecule has 8 bridgehead atoms. The van der Waals surface area contributed by atoms with Crippen LogP contribution in [0.2, 0.25) is 0 Å². The van der Waals surface area contributed by atoms with E-state index in [0.29, 0.717) is 13.2 Å². The molecule has 8 heterocycles. The third-order valence-electron chi connectivity index (χ3n) is 14.8. The normalized spacial score (nSPS) is 16.3. The van der Waals surface area contributed by atoms with Crippen molar-refractivity contribution in [3.05, 3.63) is 174 Å². The third-order valence-corrected chi connectivity index (χ3v) is 14.8. The maximum Gasteiger partial charge on any atom is 0.157 e. The van der Waals surface area contributed by atoms with E-state index in [2.05, 4.69) is 174 Å². The summed E-state index contributed by atoms with van der Waals surface area (Å²) in [4.78, 5) is 25.2. The molecule has 0 spiro atoms. The van der Waals surface area contributed by atoms with Gasteiger partial charge in [0, 0.05) is 82.0 Å². The fourth-order valence-corrected chi connectivity index (χ4v) is 11.1. The van der Waals surface area contributed by atoms with Crippen molar-refractivity contribution in [2.75, 3.05) is 26.4 Å². The van der Waals surface area contributed by atoms with E-state index in [9.17, 15) is 0 Å². The van der Waals surface area contributed by atoms with Gasteiger partial charge in [-0.3, -0.25) is 4.98 Å². The number of ether oxygens (including phenoxy) is 4. The average Bonchev–Trinajstić information content (AvgIpc) is 4.30. The smallest absolute Gasteiger partial charge is 0.157 e. The van der Waals surface area contributed by atoms with Crippen LogP contribution >= 0.6 is 0 Å². The van der Waals surface area contributed by atoms with Crippen molar-refractivity contribution in [1.29, 1.82) is 0 Å². The molecule has 9 nitrogen and oxygen atoms in total. The Hall–Kier alpha value is -7.27. The van der Waals surface area contributed by atoms with Crippen LogP contribution in [0.1, 0.15) is 86.9 Å². The van der Waals surface area contributed by atoms with Crippen molar-refractivity contribution in [1.82, 2.24) is 24.9 Å². The molecular weight excluding hydrogens is 915 g/mol. The summed E-state index contributed by atoms with van der Waals surface area (Å²) in [6, 6.07) is 53.8. The zero-order valence-electron chi connectivity index (χ0n) is 42.0. The Labute approximate surface area is 433 Å². The molecule has 4 aliphatic rings. The summed E-state index contributed by atoms with van der Waals surface area (Å²) < 4.78 is 24.3. The topological polar surface area (TPSA) is 107 Å². The number of aromatic amines is 2. The van der Waals surface area contributed by atoms with Crippen molar-refractivity contribution in [3.8, 4) is 67.2 Å². The minimum atomic E-state index is -0.0985. The number of hydrogen-bond acceptors (Lipinski definition) is 7. The predicted molar refractivity (Wildman–Crippen MR) is 299 cm³/mol. The molecule has 2 fully saturated rings. The van der Waals surface area contributed by atoms with Crippen molar-refractivity contribution in [2.24, 2.45) is 0 Å². The molecule has 2 unspecified atom stereocenters. The Morgan fingerprint density at radius 3 is 1.35 bits per heavy atom. The first-order chi connectivity index (χ1) is 36.7. The second kappa shape index (κ2) is 22.5. The molecule has 4 aromatic carbocycles. The van der Waals surface area contributed by atoms with Gasteiger partial charge in [0.05, 0.1) is 28.5 Å². The van der Waals surface area contributed by atoms with E-state index in [4.69, 9.17) is 33.9 Å². The zero-order valence-corrected chi connectivity index (χ0v) is 42.0. The fourth-order valence-electron chi connectivity index (χ4n) is 11.1. The van der Waals surface area contributed by atoms with Gasteiger partial charge in [0.2, 0.25) is 0 Å². The van der Waals surface area contributed by atoms with Crippen molar-refractivity contribution >= 4 is 34.2 Å². The maximum atomic E-state index is 6.24. The van der Waals surface area contributed by atoms with Crippen LogP contribution in [0.5, 0.6) is 0 Å². The first-order valence-corrected chi connectivity index (χ1v) is 26.9. The first-order valence-electron chi connectivity index (χ1n) is 26.9. The molecule has 0 radical (unpaired) electrons. The van der Waals surface area contributed by atoms with Gasteiger partial charge in [-0.15, -0.1) is 0 Å². The van der Waals surface area contributed by atoms with Gasteiger partial charge in [-0.05, 0) is 147 Å². The van der Waals surface area contributed by atoms with E-state index in [1.807, 2.05) is 0 Å². The second-order valence-electron chi connectivity index (χ2n) is 19.8. The Morgan fingerprint density at radius 2 is 0.878 bits per heavy atom. The SMILES string of the molecule is C1=Cc2nc1c(-c1ccccc1)c1ccc([nH]1)c(-c1ccccc1)c1nc(c(-c3ccccc3)c3ccc([nH]3)c2-c2ccccc2)-c2nc(CCCCOC3CCCCO3)c(CCCCOC3CCCCO3)cc2-1. The molecule has 0 aliphatic carbocycles. The summed E-state index contributed by atoms with van der Waals surface area (Å²) in [5, 5.41) is 0. The van der Waals surface area contributed by atoms with Crippen LogP contribution in [0.4, 0.5) is 0 Å². The standard InChI is InChI=1S/C65H63N5O4/c1-5-21-44(22-6-1)59-51-33-34-52(66-51)60(45-23-7-2-8-24-45)54-36-38-56(68-54)62(47-27-11-4-12-28-47)65-64-49(63(70-65)61(46-25-9-3-10-26-46)55-37-35-53(59)67-55)43-48(29-13-17-39-71-57-31-15-19-41-73-57)50(69-64)30-14-18-40-72-58-32-16-20-42-74-58/h1-12,21-28,33-38,43,57-58,67-68H,13-20,29-32,39-42H2. The number of fused-ring (bicyclic) bond motifs is 11. The number of hydrogen-bond donors (Lipinski definition) is 2. The second-order valence-corrected chi connectivity index (χ2v) is 19.8. The number of unbranched alkanes of at least 4 members (excludes halogenated alkanes) is 2. The number of rotatable bonds is 16. The van der Waals surface area contributed by atoms with Gasteiger partial charge in [0.25, 0.3) is 0 Å². The molecule has 8 aromatic rings. The van der Waals surface area contributed by atoms with E-state index in [1.54, 1.807) is 0 Å². The van der Waals surface area contributed by atoms with Crippen LogP contribution in [-0.4, -0.2) is 63.9 Å². The molecule has 2 atom stereocenters. The van der Waals surface area contributed by atoms with E-state index >= 15 is 0 Å². The number of aromatic nitrogens is 5. The number of nitrogens with zero attached hydrogens (tertiary/aromatic N) is 3. The van der Waals surface area contributed by atoms with Crippen molar-refractivity contribution in [2.45, 2.75) is 89.6 Å². The Bertz CT molecular complexity index is 3190. The van der Waals surface area contributed by atoms with Gasteiger partial charge in [-0.25, -0.2) is 9.97 Å². The van der Waals surface area contributed by atoms with E-state index < -0.39 is 0 Å². The molecule has 0 amide bonds. The molecule has 4 aromatic heterocycles. The fraction of sp³-hybridized carbons (Fsp3) is 0.277. The lowest BCUT2D eigenvalue weighted by Gasteiger charge is -2.22. The molecule has 372 valence electrons. The summed E-state index contributed by atoms with van der Waals surface area (Å²) in [6.07, 6.45) is 16.0. The lowest BCUT2D eigenvalue weighted by molar-refractivity contribution is -0.163. The van der Waals surface area contributed by atoms with Gasteiger partial charge < -0.3 is 28.9 Å². The average molecular weight is 978 g/mol. The van der Waals surface area contributed by atoms with Crippen LogP contribution in [0, 0.1) is 0 Å². The monoisotopic (exact) mass is 977 g/mol. The van der Waals surface area contributed by atoms with E-state index in [-0.39, 0.29) is 12.6 Å². The molecule has 2 saturated heterocycles. The highest BCUT2D eigenvalue weighted by Crippen LogP contribution is 2.47. The lowest BCUT2D eigenvalue weighted by atomic mass is 9.94. The minimum absolute atomic E-state index is 0.0953. The lowest BCUT2D eigenvalue weighted by Crippen LogP contribution is -2.22. The number of aryl methyl sites for hydroxylation is 2. The third kappa shape index (κ3) is 10.3. The largest absolute Gasteiger partial charge is 0.354 e. The quantitative estimate of drug-likeness (QED) is 0.0929. The number of benzene rings is 4. The minimum Gasteiger partial charge on any atom is -0.354 e. The number of H-pyrrole nitrogens is 2. The molecule has 12 rings (SSSR count). The van der Waals surface area contributed by atoms with E-state index in [1.165, 1.54) is 5.56 Å². The summed E-state index contributed by atoms with van der Waals surface area (Å²) in [7, 11) is 0. The molecular formula is C65H63N5O4. The van der Waals surface area contributed by atoms with Crippen molar-refractivity contribution in [3.63, 3.8) is 0 Å². The van der Waals surface area contributed by atoms with Gasteiger partial charge in [0.1, 0.15) is 0 Å². The number of nitrogens with one attached hydrogen (secondary N) is 2. The van der Waals surface area contributed by atoms with Gasteiger partial charge in [0.15, 0.2) is 12.6 Å². The highest BCUT2D eigenvalue weighted by molar-refractivity contribution is 6.04. The van der Waals surface area contributed by atoms with Gasteiger partial charge >= 0.3 is 0 Å². The van der Waals surface area contributed by atoms with Crippen LogP contribution < -0.4 is 0 Å². The Morgan fingerprint density at radius 1 is 0.432 bits per heavy atom. The predicted octanol–water partition coefficient (Wildman–Crippen LogP) is 15.6. The van der Waals surface area contributed by atoms with Crippen molar-refractivity contribution < 1.29 is 18.9 Å². The summed E-state index contributed by atoms with van der Waals surface area (Å²) in [6.45, 7) is 2.89. The maximum absolute atomic E-state index is 6.24. The molecule has 74 heavy (non-hydrogen) atoms. The summed E-state index contributed by atoms with van der Waals surface area (Å²) in [5.41, 5.74) is 19.8. The summed E-state index contributed by atoms with van der Waals surface area (Å²) in [5.74, 6) is 0. The Balaban J connectivity index is 1.10. The number of pyridine rings is 1. The van der Waals surface area contributed by atoms with Crippen LogP contribution in [0.25, 0.3) is 101 Å². The highest BCUT2D eigenvalue weighted by Gasteiger charge is 2.29. The zero-order chi connectivity index (χ0) is 49.5. The van der Waals surface area contributed by atoms with Gasteiger partial charge in [-0.2, -0.15) is 0 Å². The Kier molecular flexibility index (Phi) is 14.5.